The van der Waals surface area contributed by atoms with Crippen LogP contribution < -0.4 is 15.4 Å². The third-order valence-electron chi connectivity index (χ3n) is 7.38. The van der Waals surface area contributed by atoms with Crippen LogP contribution in [0.15, 0.2) is 40.0 Å². The molecule has 1 aromatic heterocycles. The molecule has 39 heavy (non-hydrogen) atoms. The molecule has 0 bridgehead atoms. The summed E-state index contributed by atoms with van der Waals surface area (Å²) in [6.07, 6.45) is 6.88. The first kappa shape index (κ1) is 28.9. The Hall–Kier alpha value is -3.09. The molecule has 7 nitrogen and oxygen atoms in total. The van der Waals surface area contributed by atoms with Crippen LogP contribution >= 0.6 is 24.0 Å². The van der Waals surface area contributed by atoms with Crippen LogP contribution in [0.2, 0.25) is 0 Å². The quantitative estimate of drug-likeness (QED) is 0.213. The zero-order chi connectivity index (χ0) is 27.9. The lowest BCUT2D eigenvalue weighted by atomic mass is 10.0. The number of thioether (sulfide) groups is 1. The third-order valence-corrected chi connectivity index (χ3v) is 8.76. The van der Waals surface area contributed by atoms with Crippen molar-refractivity contribution >= 4 is 51.8 Å². The van der Waals surface area contributed by atoms with Crippen molar-refractivity contribution in [3.63, 3.8) is 0 Å². The van der Waals surface area contributed by atoms with E-state index in [-0.39, 0.29) is 17.0 Å². The molecule has 0 atom stereocenters. The fraction of sp³-hybridized carbons (Fsp3) is 0.467. The van der Waals surface area contributed by atoms with E-state index in [0.29, 0.717) is 27.9 Å². The van der Waals surface area contributed by atoms with Gasteiger partial charge in [-0.1, -0.05) is 75.3 Å². The van der Waals surface area contributed by atoms with Crippen molar-refractivity contribution in [3.05, 3.63) is 62.3 Å². The highest BCUT2D eigenvalue weighted by atomic mass is 32.2. The normalized spacial score (nSPS) is 16.9. The zero-order valence-electron chi connectivity index (χ0n) is 23.1. The molecule has 0 aliphatic carbocycles. The molecule has 2 aliphatic heterocycles. The minimum atomic E-state index is -0.266. The third kappa shape index (κ3) is 6.23. The molecule has 0 saturated carbocycles. The van der Waals surface area contributed by atoms with E-state index in [1.807, 2.05) is 38.1 Å². The summed E-state index contributed by atoms with van der Waals surface area (Å²) < 4.78 is 2.31. The molecule has 2 fully saturated rings. The number of nitrogens with zero attached hydrogens (tertiary/aromatic N) is 5. The van der Waals surface area contributed by atoms with E-state index in [1.165, 1.54) is 17.4 Å². The number of carbonyl (C=O) groups excluding carboxylic acids is 1. The number of amides is 1. The van der Waals surface area contributed by atoms with Crippen LogP contribution in [0.25, 0.3) is 6.08 Å². The fourth-order valence-electron chi connectivity index (χ4n) is 5.25. The standard InChI is InChI=1S/C30H37N5O2S2/c1-4-6-7-11-15-35-29(37)26(39-30(35)38)20-24-22(3)25(21-31)28(36)34(14-5-2)27(24)33-18-16-32(17-19-33)23-12-9-8-10-13-23/h8-10,12-13,20H,4-7,11,14-19H2,1-3H3. The Kier molecular flexibility index (Phi) is 9.87. The lowest BCUT2D eigenvalue weighted by Gasteiger charge is -2.39. The number of aromatic nitrogens is 1. The summed E-state index contributed by atoms with van der Waals surface area (Å²) in [5.41, 5.74) is 2.43. The van der Waals surface area contributed by atoms with Crippen molar-refractivity contribution in [3.8, 4) is 6.07 Å². The summed E-state index contributed by atoms with van der Waals surface area (Å²) in [6.45, 7) is 10.2. The maximum Gasteiger partial charge on any atom is 0.270 e. The van der Waals surface area contributed by atoms with Crippen molar-refractivity contribution in [2.45, 2.75) is 59.4 Å². The summed E-state index contributed by atoms with van der Waals surface area (Å²) >= 11 is 6.89. The summed E-state index contributed by atoms with van der Waals surface area (Å²) in [5, 5.41) is 9.91. The maximum atomic E-state index is 13.5. The minimum Gasteiger partial charge on any atom is -0.368 e. The molecule has 4 rings (SSSR count). The van der Waals surface area contributed by atoms with E-state index in [1.54, 1.807) is 9.47 Å². The minimum absolute atomic E-state index is 0.0903. The molecule has 1 aromatic carbocycles. The van der Waals surface area contributed by atoms with Crippen molar-refractivity contribution in [2.75, 3.05) is 42.5 Å². The molecule has 0 unspecified atom stereocenters. The van der Waals surface area contributed by atoms with Gasteiger partial charge in [0.15, 0.2) is 0 Å². The molecule has 9 heteroatoms. The van der Waals surface area contributed by atoms with Crippen LogP contribution in [0.5, 0.6) is 0 Å². The highest BCUT2D eigenvalue weighted by molar-refractivity contribution is 8.26. The van der Waals surface area contributed by atoms with Gasteiger partial charge in [0.05, 0.1) is 4.91 Å². The van der Waals surface area contributed by atoms with Gasteiger partial charge in [-0.2, -0.15) is 5.26 Å². The van der Waals surface area contributed by atoms with Crippen LogP contribution in [0, 0.1) is 18.3 Å². The molecule has 2 aromatic rings. The smallest absolute Gasteiger partial charge is 0.270 e. The summed E-state index contributed by atoms with van der Waals surface area (Å²) in [5.74, 6) is 0.701. The molecule has 206 valence electrons. The van der Waals surface area contributed by atoms with Crippen LogP contribution in [0.3, 0.4) is 0 Å². The second-order valence-electron chi connectivity index (χ2n) is 10.0. The van der Waals surface area contributed by atoms with Gasteiger partial charge in [-0.3, -0.25) is 19.1 Å². The SMILES string of the molecule is CCCCCCN1C(=O)C(=Cc2c(C)c(C#N)c(=O)n(CCC)c2N2CCN(c3ccccc3)CC2)SC1=S. The molecule has 0 radical (unpaired) electrons. The number of unbranched alkanes of at least 4 members (excludes halogenated alkanes) is 3. The monoisotopic (exact) mass is 563 g/mol. The first-order chi connectivity index (χ1) is 18.9. The molecule has 2 saturated heterocycles. The Morgan fingerprint density at radius 2 is 1.67 bits per heavy atom. The number of hydrogen-bond donors (Lipinski definition) is 0. The highest BCUT2D eigenvalue weighted by Crippen LogP contribution is 2.36. The van der Waals surface area contributed by atoms with Gasteiger partial charge in [0, 0.05) is 50.5 Å². The van der Waals surface area contributed by atoms with E-state index in [0.717, 1.165) is 69.7 Å². The van der Waals surface area contributed by atoms with Crippen LogP contribution in [0.4, 0.5) is 11.5 Å². The number of rotatable bonds is 10. The number of piperazine rings is 1. The van der Waals surface area contributed by atoms with Gasteiger partial charge in [0.25, 0.3) is 11.5 Å². The Morgan fingerprint density at radius 1 is 0.974 bits per heavy atom. The van der Waals surface area contributed by atoms with Gasteiger partial charge >= 0.3 is 0 Å². The molecule has 3 heterocycles. The Morgan fingerprint density at radius 3 is 2.31 bits per heavy atom. The Balaban J connectivity index is 1.72. The number of nitriles is 1. The number of carbonyl (C=O) groups is 1. The van der Waals surface area contributed by atoms with Gasteiger partial charge in [-0.15, -0.1) is 0 Å². The number of para-hydroxylation sites is 1. The number of hydrogen-bond acceptors (Lipinski definition) is 7. The van der Waals surface area contributed by atoms with Gasteiger partial charge in [-0.25, -0.2) is 0 Å². The van der Waals surface area contributed by atoms with Crippen molar-refractivity contribution in [1.29, 1.82) is 5.26 Å². The van der Waals surface area contributed by atoms with E-state index < -0.39 is 0 Å². The fourth-order valence-corrected chi connectivity index (χ4v) is 6.54. The van der Waals surface area contributed by atoms with E-state index in [2.05, 4.69) is 34.9 Å². The average molecular weight is 564 g/mol. The topological polar surface area (TPSA) is 72.6 Å². The first-order valence-electron chi connectivity index (χ1n) is 13.9. The Bertz CT molecular complexity index is 1340. The molecule has 0 spiro atoms. The van der Waals surface area contributed by atoms with Crippen molar-refractivity contribution in [2.24, 2.45) is 0 Å². The van der Waals surface area contributed by atoms with Crippen LogP contribution in [-0.2, 0) is 11.3 Å². The Labute approximate surface area is 241 Å². The van der Waals surface area contributed by atoms with Crippen LogP contribution in [0.1, 0.15) is 62.6 Å². The second kappa shape index (κ2) is 13.3. The van der Waals surface area contributed by atoms with Crippen molar-refractivity contribution < 1.29 is 4.79 Å². The van der Waals surface area contributed by atoms with Crippen molar-refractivity contribution in [1.82, 2.24) is 9.47 Å². The maximum absolute atomic E-state index is 13.5. The number of benzene rings is 1. The summed E-state index contributed by atoms with van der Waals surface area (Å²) in [6, 6.07) is 12.5. The van der Waals surface area contributed by atoms with Crippen LogP contribution in [-0.4, -0.2) is 52.4 Å². The zero-order valence-corrected chi connectivity index (χ0v) is 24.7. The largest absolute Gasteiger partial charge is 0.368 e. The lowest BCUT2D eigenvalue weighted by molar-refractivity contribution is -0.122. The number of anilines is 2. The summed E-state index contributed by atoms with van der Waals surface area (Å²) in [7, 11) is 0. The van der Waals surface area contributed by atoms with E-state index in [9.17, 15) is 14.9 Å². The molecule has 2 aliphatic rings. The average Bonchev–Trinajstić information content (AvgIpc) is 3.22. The highest BCUT2D eigenvalue weighted by Gasteiger charge is 2.33. The predicted octanol–water partition coefficient (Wildman–Crippen LogP) is 5.55. The molecular formula is C30H37N5O2S2. The van der Waals surface area contributed by atoms with Gasteiger partial charge < -0.3 is 9.80 Å². The molecule has 0 N–H and O–H groups in total. The van der Waals surface area contributed by atoms with E-state index in [4.69, 9.17) is 12.2 Å². The number of pyridine rings is 1. The summed E-state index contributed by atoms with van der Waals surface area (Å²) in [4.78, 5) is 33.7. The molecular weight excluding hydrogens is 526 g/mol. The van der Waals surface area contributed by atoms with Gasteiger partial charge in [-0.05, 0) is 43.5 Å². The number of thiocarbonyl (C=S) groups is 1. The van der Waals surface area contributed by atoms with Gasteiger partial charge in [0.2, 0.25) is 0 Å². The molecule has 1 amide bonds. The van der Waals surface area contributed by atoms with E-state index >= 15 is 0 Å². The van der Waals surface area contributed by atoms with Gasteiger partial charge in [0.1, 0.15) is 21.8 Å². The first-order valence-corrected chi connectivity index (χ1v) is 15.1. The lowest BCUT2D eigenvalue weighted by Crippen LogP contribution is -2.48. The predicted molar refractivity (Wildman–Crippen MR) is 165 cm³/mol. The second-order valence-corrected chi connectivity index (χ2v) is 11.7.